The maximum atomic E-state index is 12.3. The van der Waals surface area contributed by atoms with E-state index in [2.05, 4.69) is 18.5 Å². The predicted octanol–water partition coefficient (Wildman–Crippen LogP) is -0.150. The van der Waals surface area contributed by atoms with Crippen molar-refractivity contribution in [2.24, 2.45) is 0 Å². The molecule has 0 bridgehead atoms. The summed E-state index contributed by atoms with van der Waals surface area (Å²) in [6.07, 6.45) is 5.58. The maximum absolute atomic E-state index is 12.3. The number of hydrogen-bond donors (Lipinski definition) is 1. The summed E-state index contributed by atoms with van der Waals surface area (Å²) in [4.78, 5) is 48.8. The number of nitrogens with one attached hydrogen (secondary N) is 1. The highest BCUT2D eigenvalue weighted by molar-refractivity contribution is 5.75. The SMILES string of the molecule is C=CCn1c(=O)n(CC=C)c(=O)n(CC(=O)NCCCCC)c1=O. The average Bonchev–Trinajstić information content (AvgIpc) is 2.56. The topological polar surface area (TPSA) is 95.1 Å². The summed E-state index contributed by atoms with van der Waals surface area (Å²) in [6, 6.07) is 0. The van der Waals surface area contributed by atoms with Gasteiger partial charge >= 0.3 is 17.1 Å². The van der Waals surface area contributed by atoms with Crippen LogP contribution in [0.3, 0.4) is 0 Å². The van der Waals surface area contributed by atoms with E-state index in [-0.39, 0.29) is 13.1 Å². The molecule has 8 nitrogen and oxygen atoms in total. The molecule has 1 amide bonds. The minimum absolute atomic E-state index is 0.0484. The van der Waals surface area contributed by atoms with Crippen molar-refractivity contribution in [3.8, 4) is 0 Å². The fourth-order valence-corrected chi connectivity index (χ4v) is 2.19. The van der Waals surface area contributed by atoms with Crippen LogP contribution < -0.4 is 22.4 Å². The van der Waals surface area contributed by atoms with Gasteiger partial charge in [-0.25, -0.2) is 28.1 Å². The lowest BCUT2D eigenvalue weighted by molar-refractivity contribution is -0.121. The number of amides is 1. The second-order valence-corrected chi connectivity index (χ2v) is 5.29. The molecule has 0 aliphatic carbocycles. The van der Waals surface area contributed by atoms with Crippen LogP contribution >= 0.6 is 0 Å². The first-order valence-electron chi connectivity index (χ1n) is 7.90. The predicted molar refractivity (Wildman–Crippen MR) is 92.2 cm³/mol. The van der Waals surface area contributed by atoms with Gasteiger partial charge in [0.25, 0.3) is 0 Å². The van der Waals surface area contributed by atoms with Gasteiger partial charge in [-0.05, 0) is 6.42 Å². The monoisotopic (exact) mass is 336 g/mol. The Hall–Kier alpha value is -2.64. The van der Waals surface area contributed by atoms with Crippen molar-refractivity contribution in [2.75, 3.05) is 6.54 Å². The molecule has 24 heavy (non-hydrogen) atoms. The standard InChI is InChI=1S/C16H24N4O4/c1-4-7-8-9-17-13(21)12-20-15(23)18(10-5-2)14(22)19(11-6-3)16(20)24/h5-6H,2-4,7-12H2,1H3,(H,17,21). The van der Waals surface area contributed by atoms with E-state index in [1.165, 1.54) is 12.2 Å². The minimum Gasteiger partial charge on any atom is -0.355 e. The molecule has 1 heterocycles. The second-order valence-electron chi connectivity index (χ2n) is 5.29. The summed E-state index contributed by atoms with van der Waals surface area (Å²) in [5.74, 6) is -0.445. The number of rotatable bonds is 10. The first kappa shape index (κ1) is 19.4. The Labute approximate surface area is 139 Å². The zero-order chi connectivity index (χ0) is 18.1. The molecule has 0 aliphatic heterocycles. The van der Waals surface area contributed by atoms with Gasteiger partial charge in [0.05, 0.1) is 13.1 Å². The van der Waals surface area contributed by atoms with Gasteiger partial charge in [0.1, 0.15) is 6.54 Å². The molecule has 1 rings (SSSR count). The van der Waals surface area contributed by atoms with Crippen molar-refractivity contribution in [1.82, 2.24) is 19.0 Å². The second kappa shape index (κ2) is 9.49. The Morgan fingerprint density at radius 2 is 1.46 bits per heavy atom. The molecule has 1 N–H and O–H groups in total. The molecule has 0 unspecified atom stereocenters. The van der Waals surface area contributed by atoms with Crippen molar-refractivity contribution >= 4 is 5.91 Å². The van der Waals surface area contributed by atoms with Crippen LogP contribution in [0, 0.1) is 0 Å². The van der Waals surface area contributed by atoms with E-state index in [0.717, 1.165) is 33.0 Å². The highest BCUT2D eigenvalue weighted by Gasteiger charge is 2.16. The summed E-state index contributed by atoms with van der Waals surface area (Å²) < 4.78 is 2.48. The van der Waals surface area contributed by atoms with Crippen molar-refractivity contribution in [1.29, 1.82) is 0 Å². The van der Waals surface area contributed by atoms with Gasteiger partial charge in [-0.2, -0.15) is 0 Å². The summed E-state index contributed by atoms with van der Waals surface area (Å²) in [5.41, 5.74) is -2.40. The van der Waals surface area contributed by atoms with Gasteiger partial charge in [0.2, 0.25) is 5.91 Å². The lowest BCUT2D eigenvalue weighted by atomic mass is 10.2. The van der Waals surface area contributed by atoms with Crippen LogP contribution in [0.15, 0.2) is 39.7 Å². The van der Waals surface area contributed by atoms with Gasteiger partial charge in [0, 0.05) is 6.54 Å². The molecule has 8 heteroatoms. The number of aromatic nitrogens is 3. The largest absolute Gasteiger partial charge is 0.355 e. The van der Waals surface area contributed by atoms with Gasteiger partial charge < -0.3 is 5.32 Å². The van der Waals surface area contributed by atoms with E-state index in [9.17, 15) is 19.2 Å². The van der Waals surface area contributed by atoms with Crippen LogP contribution in [0.2, 0.25) is 0 Å². The summed E-state index contributed by atoms with van der Waals surface area (Å²) in [6.45, 7) is 8.98. The smallest absolute Gasteiger partial charge is 0.337 e. The third kappa shape index (κ3) is 4.68. The third-order valence-corrected chi connectivity index (χ3v) is 3.41. The molecule has 0 saturated heterocycles. The van der Waals surface area contributed by atoms with Crippen LogP contribution in [-0.2, 0) is 24.4 Å². The van der Waals surface area contributed by atoms with E-state index in [4.69, 9.17) is 0 Å². The molecule has 0 aliphatic rings. The van der Waals surface area contributed by atoms with Crippen molar-refractivity contribution in [3.05, 3.63) is 56.8 Å². The summed E-state index contributed by atoms with van der Waals surface area (Å²) in [7, 11) is 0. The Morgan fingerprint density at radius 1 is 0.958 bits per heavy atom. The Balaban J connectivity index is 3.17. The molecule has 0 atom stereocenters. The van der Waals surface area contributed by atoms with Gasteiger partial charge in [-0.1, -0.05) is 31.9 Å². The normalized spacial score (nSPS) is 10.4. The highest BCUT2D eigenvalue weighted by atomic mass is 16.2. The third-order valence-electron chi connectivity index (χ3n) is 3.41. The van der Waals surface area contributed by atoms with E-state index >= 15 is 0 Å². The van der Waals surface area contributed by atoms with Crippen LogP contribution in [0.25, 0.3) is 0 Å². The molecule has 0 saturated carbocycles. The molecular weight excluding hydrogens is 312 g/mol. The highest BCUT2D eigenvalue weighted by Crippen LogP contribution is 1.91. The number of carbonyl (C=O) groups is 1. The molecule has 1 aromatic rings. The maximum Gasteiger partial charge on any atom is 0.337 e. The first-order chi connectivity index (χ1) is 11.5. The van der Waals surface area contributed by atoms with Gasteiger partial charge in [0.15, 0.2) is 0 Å². The number of unbranched alkanes of at least 4 members (excludes halogenated alkanes) is 2. The fourth-order valence-electron chi connectivity index (χ4n) is 2.19. The van der Waals surface area contributed by atoms with Crippen LogP contribution in [-0.4, -0.2) is 26.2 Å². The molecule has 0 fully saturated rings. The number of hydrogen-bond acceptors (Lipinski definition) is 4. The zero-order valence-corrected chi connectivity index (χ0v) is 14.0. The van der Waals surface area contributed by atoms with E-state index in [1.54, 1.807) is 0 Å². The van der Waals surface area contributed by atoms with Crippen LogP contribution in [0.4, 0.5) is 0 Å². The molecule has 1 aromatic heterocycles. The van der Waals surface area contributed by atoms with E-state index in [1.807, 2.05) is 6.92 Å². The van der Waals surface area contributed by atoms with Gasteiger partial charge in [-0.15, -0.1) is 13.2 Å². The Bertz CT molecular complexity index is 722. The minimum atomic E-state index is -0.825. The summed E-state index contributed by atoms with van der Waals surface area (Å²) in [5, 5.41) is 2.66. The Kier molecular flexibility index (Phi) is 7.67. The zero-order valence-electron chi connectivity index (χ0n) is 14.0. The average molecular weight is 336 g/mol. The summed E-state index contributed by atoms with van der Waals surface area (Å²) >= 11 is 0. The van der Waals surface area contributed by atoms with Crippen molar-refractivity contribution in [3.63, 3.8) is 0 Å². The number of allylic oxidation sites excluding steroid dienone is 2. The van der Waals surface area contributed by atoms with E-state index in [0.29, 0.717) is 6.54 Å². The molecule has 0 aromatic carbocycles. The molecular formula is C16H24N4O4. The lowest BCUT2D eigenvalue weighted by Crippen LogP contribution is -2.55. The van der Waals surface area contributed by atoms with Crippen LogP contribution in [0.1, 0.15) is 26.2 Å². The Morgan fingerprint density at radius 3 is 1.92 bits per heavy atom. The molecule has 0 radical (unpaired) electrons. The van der Waals surface area contributed by atoms with Gasteiger partial charge in [-0.3, -0.25) is 4.79 Å². The van der Waals surface area contributed by atoms with Crippen molar-refractivity contribution in [2.45, 2.75) is 45.8 Å². The quantitative estimate of drug-likeness (QED) is 0.475. The van der Waals surface area contributed by atoms with E-state index < -0.39 is 29.5 Å². The fraction of sp³-hybridized carbons (Fsp3) is 0.500. The number of carbonyl (C=O) groups excluding carboxylic acids is 1. The first-order valence-corrected chi connectivity index (χ1v) is 7.90. The molecule has 132 valence electrons. The number of nitrogens with zero attached hydrogens (tertiary/aromatic N) is 3. The lowest BCUT2D eigenvalue weighted by Gasteiger charge is -2.12. The van der Waals surface area contributed by atoms with Crippen LogP contribution in [0.5, 0.6) is 0 Å². The molecule has 0 spiro atoms. The van der Waals surface area contributed by atoms with Crippen molar-refractivity contribution < 1.29 is 4.79 Å².